The number of carbonyl (C=O) groups is 1. The maximum absolute atomic E-state index is 11.7. The Morgan fingerprint density at radius 1 is 1.44 bits per heavy atom. The molecule has 1 aromatic carbocycles. The standard InChI is InChI=1S/C12H12N2O2/c1-2-16-12(15)9-5-6-14-11-4-3-8(13)7-10(9)11/h3-7H,2,13H2,1H3. The number of rotatable bonds is 2. The second-order valence-electron chi connectivity index (χ2n) is 3.36. The molecule has 0 saturated carbocycles. The Labute approximate surface area is 93.0 Å². The smallest absolute Gasteiger partial charge is 0.338 e. The first-order valence-electron chi connectivity index (χ1n) is 5.03. The Morgan fingerprint density at radius 2 is 2.25 bits per heavy atom. The fourth-order valence-electron chi connectivity index (χ4n) is 1.55. The third-order valence-corrected chi connectivity index (χ3v) is 2.26. The Bertz CT molecular complexity index is 538. The summed E-state index contributed by atoms with van der Waals surface area (Å²) in [5.41, 5.74) is 7.52. The maximum atomic E-state index is 11.7. The molecule has 2 N–H and O–H groups in total. The van der Waals surface area contributed by atoms with E-state index in [0.29, 0.717) is 17.9 Å². The lowest BCUT2D eigenvalue weighted by Crippen LogP contribution is -2.05. The van der Waals surface area contributed by atoms with E-state index < -0.39 is 0 Å². The first-order valence-corrected chi connectivity index (χ1v) is 5.03. The molecule has 0 aliphatic heterocycles. The average Bonchev–Trinajstić information content (AvgIpc) is 2.28. The summed E-state index contributed by atoms with van der Waals surface area (Å²) in [6.45, 7) is 2.13. The van der Waals surface area contributed by atoms with Crippen molar-refractivity contribution < 1.29 is 9.53 Å². The van der Waals surface area contributed by atoms with E-state index in [9.17, 15) is 4.79 Å². The van der Waals surface area contributed by atoms with Gasteiger partial charge in [0.1, 0.15) is 0 Å². The normalized spacial score (nSPS) is 10.3. The highest BCUT2D eigenvalue weighted by atomic mass is 16.5. The molecule has 82 valence electrons. The van der Waals surface area contributed by atoms with Gasteiger partial charge in [-0.15, -0.1) is 0 Å². The minimum Gasteiger partial charge on any atom is -0.462 e. The van der Waals surface area contributed by atoms with Crippen molar-refractivity contribution >= 4 is 22.6 Å². The number of nitrogen functional groups attached to an aromatic ring is 1. The Morgan fingerprint density at radius 3 is 3.00 bits per heavy atom. The Kier molecular flexibility index (Phi) is 2.72. The molecule has 0 spiro atoms. The molecule has 16 heavy (non-hydrogen) atoms. The number of esters is 1. The van der Waals surface area contributed by atoms with E-state index in [2.05, 4.69) is 4.98 Å². The third kappa shape index (κ3) is 1.82. The van der Waals surface area contributed by atoms with Gasteiger partial charge in [0, 0.05) is 17.3 Å². The van der Waals surface area contributed by atoms with Gasteiger partial charge in [0.05, 0.1) is 17.7 Å². The van der Waals surface area contributed by atoms with Gasteiger partial charge in [0.25, 0.3) is 0 Å². The summed E-state index contributed by atoms with van der Waals surface area (Å²) in [6, 6.07) is 6.91. The lowest BCUT2D eigenvalue weighted by atomic mass is 10.1. The molecule has 0 amide bonds. The van der Waals surface area contributed by atoms with Crippen LogP contribution in [-0.2, 0) is 4.74 Å². The zero-order chi connectivity index (χ0) is 11.5. The van der Waals surface area contributed by atoms with Crippen molar-refractivity contribution in [3.05, 3.63) is 36.0 Å². The number of hydrogen-bond acceptors (Lipinski definition) is 4. The van der Waals surface area contributed by atoms with Crippen LogP contribution in [0.4, 0.5) is 5.69 Å². The van der Waals surface area contributed by atoms with Crippen molar-refractivity contribution in [2.45, 2.75) is 6.92 Å². The van der Waals surface area contributed by atoms with E-state index in [1.807, 2.05) is 0 Å². The molecule has 0 fully saturated rings. The molecular formula is C12H12N2O2. The van der Waals surface area contributed by atoms with Crippen LogP contribution in [0.2, 0.25) is 0 Å². The SMILES string of the molecule is CCOC(=O)c1ccnc2ccc(N)cc12. The van der Waals surface area contributed by atoms with Gasteiger partial charge in [-0.05, 0) is 31.2 Å². The number of fused-ring (bicyclic) bond motifs is 1. The van der Waals surface area contributed by atoms with E-state index in [-0.39, 0.29) is 5.97 Å². The topological polar surface area (TPSA) is 65.2 Å². The fraction of sp³-hybridized carbons (Fsp3) is 0.167. The van der Waals surface area contributed by atoms with E-state index in [1.165, 1.54) is 0 Å². The Hall–Kier alpha value is -2.10. The molecule has 4 nitrogen and oxygen atoms in total. The molecule has 0 aliphatic carbocycles. The molecule has 0 saturated heterocycles. The zero-order valence-electron chi connectivity index (χ0n) is 8.93. The van der Waals surface area contributed by atoms with Crippen molar-refractivity contribution in [1.29, 1.82) is 0 Å². The second-order valence-corrected chi connectivity index (χ2v) is 3.36. The lowest BCUT2D eigenvalue weighted by Gasteiger charge is -2.05. The van der Waals surface area contributed by atoms with Crippen molar-refractivity contribution in [2.24, 2.45) is 0 Å². The van der Waals surface area contributed by atoms with Crippen LogP contribution in [0.3, 0.4) is 0 Å². The summed E-state index contributed by atoms with van der Waals surface area (Å²) in [5, 5.41) is 0.723. The summed E-state index contributed by atoms with van der Waals surface area (Å²) < 4.78 is 4.97. The van der Waals surface area contributed by atoms with Crippen LogP contribution in [0.1, 0.15) is 17.3 Å². The molecule has 0 radical (unpaired) electrons. The van der Waals surface area contributed by atoms with Crippen LogP contribution in [0.25, 0.3) is 10.9 Å². The van der Waals surface area contributed by atoms with Crippen molar-refractivity contribution in [1.82, 2.24) is 4.98 Å². The summed E-state index contributed by atoms with van der Waals surface area (Å²) in [7, 11) is 0. The summed E-state index contributed by atoms with van der Waals surface area (Å²) in [6.07, 6.45) is 1.59. The number of hydrogen-bond donors (Lipinski definition) is 1. The molecule has 0 aliphatic rings. The highest BCUT2D eigenvalue weighted by Gasteiger charge is 2.11. The van der Waals surface area contributed by atoms with Crippen LogP contribution in [0.15, 0.2) is 30.5 Å². The van der Waals surface area contributed by atoms with Crippen molar-refractivity contribution in [3.8, 4) is 0 Å². The van der Waals surface area contributed by atoms with E-state index in [0.717, 1.165) is 10.9 Å². The van der Waals surface area contributed by atoms with Crippen LogP contribution in [0, 0.1) is 0 Å². The molecule has 4 heteroatoms. The summed E-state index contributed by atoms with van der Waals surface area (Å²) >= 11 is 0. The number of benzene rings is 1. The number of anilines is 1. The molecule has 1 aromatic heterocycles. The van der Waals surface area contributed by atoms with Crippen LogP contribution in [-0.4, -0.2) is 17.6 Å². The number of nitrogens with two attached hydrogens (primary N) is 1. The summed E-state index contributed by atoms with van der Waals surface area (Å²) in [4.78, 5) is 15.8. The largest absolute Gasteiger partial charge is 0.462 e. The van der Waals surface area contributed by atoms with Gasteiger partial charge in [-0.3, -0.25) is 4.98 Å². The number of carbonyl (C=O) groups excluding carboxylic acids is 1. The van der Waals surface area contributed by atoms with Crippen LogP contribution < -0.4 is 5.73 Å². The van der Waals surface area contributed by atoms with Crippen molar-refractivity contribution in [3.63, 3.8) is 0 Å². The molecule has 1 heterocycles. The highest BCUT2D eigenvalue weighted by Crippen LogP contribution is 2.20. The first-order chi connectivity index (χ1) is 7.72. The van der Waals surface area contributed by atoms with Crippen molar-refractivity contribution in [2.75, 3.05) is 12.3 Å². The van der Waals surface area contributed by atoms with Gasteiger partial charge in [0.2, 0.25) is 0 Å². The van der Waals surface area contributed by atoms with Gasteiger partial charge in [-0.25, -0.2) is 4.79 Å². The Balaban J connectivity index is 2.60. The molecule has 0 atom stereocenters. The minimum atomic E-state index is -0.347. The van der Waals surface area contributed by atoms with E-state index >= 15 is 0 Å². The number of pyridine rings is 1. The highest BCUT2D eigenvalue weighted by molar-refractivity contribution is 6.04. The quantitative estimate of drug-likeness (QED) is 0.616. The number of nitrogens with zero attached hydrogens (tertiary/aromatic N) is 1. The maximum Gasteiger partial charge on any atom is 0.338 e. The average molecular weight is 216 g/mol. The van der Waals surface area contributed by atoms with Gasteiger partial charge in [-0.2, -0.15) is 0 Å². The lowest BCUT2D eigenvalue weighted by molar-refractivity contribution is 0.0528. The molecule has 0 bridgehead atoms. The first kappa shape index (κ1) is 10.4. The van der Waals surface area contributed by atoms with Crippen LogP contribution >= 0.6 is 0 Å². The van der Waals surface area contributed by atoms with Crippen LogP contribution in [0.5, 0.6) is 0 Å². The fourth-order valence-corrected chi connectivity index (χ4v) is 1.55. The molecule has 2 aromatic rings. The third-order valence-electron chi connectivity index (χ3n) is 2.26. The molecule has 0 unspecified atom stereocenters. The predicted molar refractivity (Wildman–Crippen MR) is 62.1 cm³/mol. The van der Waals surface area contributed by atoms with Gasteiger partial charge >= 0.3 is 5.97 Å². The number of ether oxygens (including phenoxy) is 1. The minimum absolute atomic E-state index is 0.347. The zero-order valence-corrected chi connectivity index (χ0v) is 8.93. The monoisotopic (exact) mass is 216 g/mol. The second kappa shape index (κ2) is 4.18. The number of aromatic nitrogens is 1. The molecule has 2 rings (SSSR count). The van der Waals surface area contributed by atoms with E-state index in [1.54, 1.807) is 37.4 Å². The molecular weight excluding hydrogens is 204 g/mol. The predicted octanol–water partition coefficient (Wildman–Crippen LogP) is 1.99. The van der Waals surface area contributed by atoms with Gasteiger partial charge in [-0.1, -0.05) is 0 Å². The van der Waals surface area contributed by atoms with Gasteiger partial charge < -0.3 is 10.5 Å². The summed E-state index contributed by atoms with van der Waals surface area (Å²) in [5.74, 6) is -0.347. The van der Waals surface area contributed by atoms with Gasteiger partial charge in [0.15, 0.2) is 0 Å². The van der Waals surface area contributed by atoms with E-state index in [4.69, 9.17) is 10.5 Å².